The van der Waals surface area contributed by atoms with Gasteiger partial charge in [0.25, 0.3) is 0 Å². The van der Waals surface area contributed by atoms with E-state index in [4.69, 9.17) is 5.73 Å². The highest BCUT2D eigenvalue weighted by atomic mass is 32.2. The zero-order valence-electron chi connectivity index (χ0n) is 11.3. The van der Waals surface area contributed by atoms with Gasteiger partial charge in [0.05, 0.1) is 4.90 Å². The van der Waals surface area contributed by atoms with Crippen molar-refractivity contribution in [2.75, 3.05) is 20.1 Å². The van der Waals surface area contributed by atoms with Crippen LogP contribution in [0, 0.1) is 5.92 Å². The fourth-order valence-electron chi connectivity index (χ4n) is 1.79. The lowest BCUT2D eigenvalue weighted by atomic mass is 10.2. The van der Waals surface area contributed by atoms with E-state index in [0.717, 1.165) is 12.0 Å². The van der Waals surface area contributed by atoms with Crippen LogP contribution in [0.1, 0.15) is 19.4 Å². The molecule has 0 spiro atoms. The van der Waals surface area contributed by atoms with Crippen LogP contribution in [0.4, 0.5) is 0 Å². The predicted molar refractivity (Wildman–Crippen MR) is 73.9 cm³/mol. The molecular formula is C13H22N2O2S. The maximum atomic E-state index is 12.2. The van der Waals surface area contributed by atoms with Gasteiger partial charge in [-0.25, -0.2) is 12.7 Å². The SMILES string of the molecule is CC(C)CN(C)S(=O)(=O)c1ccc(CCN)cc1. The van der Waals surface area contributed by atoms with Crippen LogP contribution in [0.2, 0.25) is 0 Å². The van der Waals surface area contributed by atoms with Crippen LogP contribution in [0.5, 0.6) is 0 Å². The maximum Gasteiger partial charge on any atom is 0.242 e. The summed E-state index contributed by atoms with van der Waals surface area (Å²) in [5.41, 5.74) is 6.52. The van der Waals surface area contributed by atoms with Crippen LogP contribution in [0.15, 0.2) is 29.2 Å². The summed E-state index contributed by atoms with van der Waals surface area (Å²) >= 11 is 0. The van der Waals surface area contributed by atoms with Crippen LogP contribution in [-0.2, 0) is 16.4 Å². The van der Waals surface area contributed by atoms with Gasteiger partial charge < -0.3 is 5.73 Å². The first-order valence-corrected chi connectivity index (χ1v) is 7.57. The molecule has 0 bridgehead atoms. The summed E-state index contributed by atoms with van der Waals surface area (Å²) in [7, 11) is -1.75. The highest BCUT2D eigenvalue weighted by Crippen LogP contribution is 2.16. The lowest BCUT2D eigenvalue weighted by Gasteiger charge is -2.19. The van der Waals surface area contributed by atoms with Crippen LogP contribution >= 0.6 is 0 Å². The maximum absolute atomic E-state index is 12.2. The van der Waals surface area contributed by atoms with Gasteiger partial charge >= 0.3 is 0 Å². The van der Waals surface area contributed by atoms with Crippen LogP contribution in [-0.4, -0.2) is 32.9 Å². The molecule has 1 aromatic carbocycles. The van der Waals surface area contributed by atoms with Crippen molar-refractivity contribution in [2.45, 2.75) is 25.2 Å². The van der Waals surface area contributed by atoms with Crippen molar-refractivity contribution < 1.29 is 8.42 Å². The average molecular weight is 270 g/mol. The van der Waals surface area contributed by atoms with Gasteiger partial charge in [-0.2, -0.15) is 0 Å². The van der Waals surface area contributed by atoms with Gasteiger partial charge in [0.1, 0.15) is 0 Å². The minimum Gasteiger partial charge on any atom is -0.330 e. The Hall–Kier alpha value is -0.910. The summed E-state index contributed by atoms with van der Waals surface area (Å²) in [6, 6.07) is 6.94. The molecule has 0 unspecified atom stereocenters. The summed E-state index contributed by atoms with van der Waals surface area (Å²) < 4.78 is 25.9. The first-order chi connectivity index (χ1) is 8.37. The number of nitrogens with two attached hydrogens (primary N) is 1. The summed E-state index contributed by atoms with van der Waals surface area (Å²) in [5.74, 6) is 0.307. The van der Waals surface area contributed by atoms with Crippen molar-refractivity contribution in [2.24, 2.45) is 11.7 Å². The summed E-state index contributed by atoms with van der Waals surface area (Å²) in [4.78, 5) is 0.339. The molecule has 4 nitrogen and oxygen atoms in total. The van der Waals surface area contributed by atoms with Gasteiger partial charge in [0.2, 0.25) is 10.0 Å². The number of hydrogen-bond acceptors (Lipinski definition) is 3. The van der Waals surface area contributed by atoms with Gasteiger partial charge in [-0.3, -0.25) is 0 Å². The normalized spacial score (nSPS) is 12.3. The number of sulfonamides is 1. The van der Waals surface area contributed by atoms with Crippen molar-refractivity contribution >= 4 is 10.0 Å². The molecule has 0 aromatic heterocycles. The highest BCUT2D eigenvalue weighted by molar-refractivity contribution is 7.89. The van der Waals surface area contributed by atoms with Crippen molar-refractivity contribution in [3.8, 4) is 0 Å². The van der Waals surface area contributed by atoms with Crippen LogP contribution < -0.4 is 5.73 Å². The van der Waals surface area contributed by atoms with Crippen LogP contribution in [0.25, 0.3) is 0 Å². The number of hydrogen-bond donors (Lipinski definition) is 1. The second-order valence-corrected chi connectivity index (χ2v) is 6.91. The molecule has 0 aliphatic carbocycles. The Kier molecular flexibility index (Phi) is 5.31. The molecule has 0 radical (unpaired) electrons. The first-order valence-electron chi connectivity index (χ1n) is 6.13. The molecule has 18 heavy (non-hydrogen) atoms. The minimum absolute atomic E-state index is 0.307. The largest absolute Gasteiger partial charge is 0.330 e. The fourth-order valence-corrected chi connectivity index (χ4v) is 3.12. The first kappa shape index (κ1) is 15.1. The second kappa shape index (κ2) is 6.31. The molecule has 0 saturated heterocycles. The lowest BCUT2D eigenvalue weighted by molar-refractivity contribution is 0.417. The Morgan fingerprint density at radius 1 is 1.22 bits per heavy atom. The number of rotatable bonds is 6. The Morgan fingerprint density at radius 3 is 2.22 bits per heavy atom. The van der Waals surface area contributed by atoms with Gasteiger partial charge in [0.15, 0.2) is 0 Å². The van der Waals surface area contributed by atoms with E-state index in [1.54, 1.807) is 19.2 Å². The van der Waals surface area contributed by atoms with Gasteiger partial charge in [-0.05, 0) is 36.6 Å². The van der Waals surface area contributed by atoms with Gasteiger partial charge in [0, 0.05) is 13.6 Å². The quantitative estimate of drug-likeness (QED) is 0.851. The van der Waals surface area contributed by atoms with E-state index in [1.807, 2.05) is 26.0 Å². The third-order valence-electron chi connectivity index (χ3n) is 2.69. The Morgan fingerprint density at radius 2 is 1.78 bits per heavy atom. The molecule has 0 heterocycles. The molecule has 0 atom stereocenters. The van der Waals surface area contributed by atoms with E-state index in [-0.39, 0.29) is 0 Å². The molecule has 0 aliphatic heterocycles. The predicted octanol–water partition coefficient (Wildman–Crippen LogP) is 1.46. The number of nitrogens with zero attached hydrogens (tertiary/aromatic N) is 1. The van der Waals surface area contributed by atoms with Gasteiger partial charge in [-0.1, -0.05) is 26.0 Å². The topological polar surface area (TPSA) is 63.4 Å². The van der Waals surface area contributed by atoms with E-state index >= 15 is 0 Å². The summed E-state index contributed by atoms with van der Waals surface area (Å²) in [6.07, 6.45) is 0.766. The van der Waals surface area contributed by atoms with Crippen molar-refractivity contribution in [3.05, 3.63) is 29.8 Å². The molecule has 0 aliphatic rings. The molecule has 2 N–H and O–H groups in total. The fraction of sp³-hybridized carbons (Fsp3) is 0.538. The Balaban J connectivity index is 2.91. The molecule has 102 valence electrons. The van der Waals surface area contributed by atoms with E-state index in [9.17, 15) is 8.42 Å². The van der Waals surface area contributed by atoms with E-state index in [1.165, 1.54) is 4.31 Å². The third kappa shape index (κ3) is 3.80. The molecular weight excluding hydrogens is 248 g/mol. The Bertz CT molecular complexity index is 466. The summed E-state index contributed by atoms with van der Waals surface area (Å²) in [6.45, 7) is 5.08. The lowest BCUT2D eigenvalue weighted by Crippen LogP contribution is -2.30. The molecule has 1 aromatic rings. The monoisotopic (exact) mass is 270 g/mol. The molecule has 0 fully saturated rings. The van der Waals surface area contributed by atoms with E-state index in [2.05, 4.69) is 0 Å². The standard InChI is InChI=1S/C13H22N2O2S/c1-11(2)10-15(3)18(16,17)13-6-4-12(5-7-13)8-9-14/h4-7,11H,8-10,14H2,1-3H3. The minimum atomic E-state index is -3.36. The average Bonchev–Trinajstić information content (AvgIpc) is 2.29. The second-order valence-electron chi connectivity index (χ2n) is 4.86. The van der Waals surface area contributed by atoms with Crippen molar-refractivity contribution in [1.29, 1.82) is 0 Å². The third-order valence-corrected chi connectivity index (χ3v) is 4.52. The molecule has 5 heteroatoms. The van der Waals surface area contributed by atoms with Crippen molar-refractivity contribution in [1.82, 2.24) is 4.31 Å². The van der Waals surface area contributed by atoms with Crippen molar-refractivity contribution in [3.63, 3.8) is 0 Å². The highest BCUT2D eigenvalue weighted by Gasteiger charge is 2.20. The summed E-state index contributed by atoms with van der Waals surface area (Å²) in [5, 5.41) is 0. The molecule has 0 amide bonds. The van der Waals surface area contributed by atoms with E-state index < -0.39 is 10.0 Å². The molecule has 1 rings (SSSR count). The van der Waals surface area contributed by atoms with Gasteiger partial charge in [-0.15, -0.1) is 0 Å². The smallest absolute Gasteiger partial charge is 0.242 e. The zero-order chi connectivity index (χ0) is 13.8. The van der Waals surface area contributed by atoms with Crippen LogP contribution in [0.3, 0.4) is 0 Å². The molecule has 0 saturated carbocycles. The Labute approximate surface area is 110 Å². The zero-order valence-corrected chi connectivity index (χ0v) is 12.1. The van der Waals surface area contributed by atoms with E-state index in [0.29, 0.717) is 23.9 Å². The number of benzene rings is 1.